The van der Waals surface area contributed by atoms with E-state index < -0.39 is 15.8 Å². The maximum atomic E-state index is 13.0. The molecule has 6 nitrogen and oxygen atoms in total. The Balaban J connectivity index is 1.40. The normalized spacial score (nSPS) is 15.3. The van der Waals surface area contributed by atoms with Crippen molar-refractivity contribution < 1.29 is 22.3 Å². The standard InChI is InChI=1S/C23H20BrFN2O4S/c1-15-12-16-13-17(24)2-11-22(16)27(15)23(28)14-31-20-7-9-21(10-8-20)32(29,30)26-19-5-3-18(25)4-6-19/h2-11,13,15,26H,12,14H2,1H3. The van der Waals surface area contributed by atoms with E-state index in [2.05, 4.69) is 20.7 Å². The quantitative estimate of drug-likeness (QED) is 0.511. The lowest BCUT2D eigenvalue weighted by molar-refractivity contribution is -0.120. The smallest absolute Gasteiger partial charge is 0.265 e. The molecule has 1 aliphatic rings. The second-order valence-electron chi connectivity index (χ2n) is 7.46. The second-order valence-corrected chi connectivity index (χ2v) is 10.1. The van der Waals surface area contributed by atoms with E-state index in [1.807, 2.05) is 25.1 Å². The Morgan fingerprint density at radius 2 is 1.81 bits per heavy atom. The van der Waals surface area contributed by atoms with E-state index in [4.69, 9.17) is 4.74 Å². The first-order valence-corrected chi connectivity index (χ1v) is 12.1. The van der Waals surface area contributed by atoms with E-state index >= 15 is 0 Å². The number of rotatable bonds is 6. The molecule has 3 aromatic rings. The van der Waals surface area contributed by atoms with Gasteiger partial charge in [0.2, 0.25) is 0 Å². The summed E-state index contributed by atoms with van der Waals surface area (Å²) < 4.78 is 47.0. The summed E-state index contributed by atoms with van der Waals surface area (Å²) in [5.41, 5.74) is 2.23. The minimum Gasteiger partial charge on any atom is -0.484 e. The van der Waals surface area contributed by atoms with E-state index in [1.165, 1.54) is 48.5 Å². The van der Waals surface area contributed by atoms with Gasteiger partial charge in [-0.05, 0) is 85.6 Å². The number of halogens is 2. The molecule has 32 heavy (non-hydrogen) atoms. The Morgan fingerprint density at radius 3 is 2.50 bits per heavy atom. The number of hydrogen-bond acceptors (Lipinski definition) is 4. The van der Waals surface area contributed by atoms with E-state index in [0.717, 1.165) is 22.1 Å². The highest BCUT2D eigenvalue weighted by molar-refractivity contribution is 9.10. The Kier molecular flexibility index (Phi) is 6.21. The van der Waals surface area contributed by atoms with Gasteiger partial charge in [0.1, 0.15) is 11.6 Å². The van der Waals surface area contributed by atoms with Gasteiger partial charge in [-0.3, -0.25) is 9.52 Å². The van der Waals surface area contributed by atoms with Gasteiger partial charge in [-0.25, -0.2) is 12.8 Å². The number of hydrogen-bond donors (Lipinski definition) is 1. The van der Waals surface area contributed by atoms with Crippen molar-refractivity contribution in [3.63, 3.8) is 0 Å². The minimum absolute atomic E-state index is 0.0215. The molecule has 1 unspecified atom stereocenters. The van der Waals surface area contributed by atoms with Crippen LogP contribution < -0.4 is 14.4 Å². The topological polar surface area (TPSA) is 75.7 Å². The summed E-state index contributed by atoms with van der Waals surface area (Å²) in [6.07, 6.45) is 0.772. The van der Waals surface area contributed by atoms with Crippen LogP contribution in [0.2, 0.25) is 0 Å². The maximum Gasteiger partial charge on any atom is 0.265 e. The van der Waals surface area contributed by atoms with Crippen molar-refractivity contribution in [2.24, 2.45) is 0 Å². The number of sulfonamides is 1. The molecule has 3 aromatic carbocycles. The molecule has 0 aliphatic carbocycles. The van der Waals surface area contributed by atoms with Gasteiger partial charge in [0.15, 0.2) is 6.61 Å². The van der Waals surface area contributed by atoms with E-state index in [1.54, 1.807) is 4.90 Å². The molecule has 9 heteroatoms. The maximum absolute atomic E-state index is 13.0. The summed E-state index contributed by atoms with van der Waals surface area (Å²) in [7, 11) is -3.84. The lowest BCUT2D eigenvalue weighted by Crippen LogP contribution is -2.39. The molecule has 0 saturated heterocycles. The highest BCUT2D eigenvalue weighted by atomic mass is 79.9. The van der Waals surface area contributed by atoms with Gasteiger partial charge >= 0.3 is 0 Å². The third-order valence-electron chi connectivity index (χ3n) is 5.12. The second kappa shape index (κ2) is 8.91. The molecule has 1 atom stereocenters. The predicted molar refractivity (Wildman–Crippen MR) is 124 cm³/mol. The third kappa shape index (κ3) is 4.78. The lowest BCUT2D eigenvalue weighted by atomic mass is 10.1. The Morgan fingerprint density at radius 1 is 1.12 bits per heavy atom. The summed E-state index contributed by atoms with van der Waals surface area (Å²) in [5, 5.41) is 0. The zero-order valence-corrected chi connectivity index (χ0v) is 19.5. The molecule has 1 amide bonds. The fraction of sp³-hybridized carbons (Fsp3) is 0.174. The lowest BCUT2D eigenvalue weighted by Gasteiger charge is -2.22. The van der Waals surface area contributed by atoms with Gasteiger partial charge in [-0.2, -0.15) is 0 Å². The van der Waals surface area contributed by atoms with Crippen molar-refractivity contribution in [2.75, 3.05) is 16.2 Å². The van der Waals surface area contributed by atoms with Gasteiger partial charge < -0.3 is 9.64 Å². The summed E-state index contributed by atoms with van der Waals surface area (Å²) in [6.45, 7) is 1.82. The third-order valence-corrected chi connectivity index (χ3v) is 7.01. The molecule has 4 rings (SSSR count). The van der Waals surface area contributed by atoms with Crippen LogP contribution in [0.15, 0.2) is 76.1 Å². The molecule has 0 spiro atoms. The summed E-state index contributed by atoms with van der Waals surface area (Å²) in [4.78, 5) is 14.5. The van der Waals surface area contributed by atoms with Gasteiger partial charge in [-0.1, -0.05) is 15.9 Å². The number of carbonyl (C=O) groups is 1. The van der Waals surface area contributed by atoms with E-state index in [9.17, 15) is 17.6 Å². The largest absolute Gasteiger partial charge is 0.484 e. The van der Waals surface area contributed by atoms with Crippen LogP contribution in [0.25, 0.3) is 0 Å². The number of benzene rings is 3. The van der Waals surface area contributed by atoms with Gasteiger partial charge in [-0.15, -0.1) is 0 Å². The molecule has 1 aliphatic heterocycles. The molecule has 0 bridgehead atoms. The van der Waals surface area contributed by atoms with Crippen molar-refractivity contribution in [3.8, 4) is 5.75 Å². The summed E-state index contributed by atoms with van der Waals surface area (Å²) in [5.74, 6) is -0.251. The first-order valence-electron chi connectivity index (χ1n) is 9.85. The van der Waals surface area contributed by atoms with Crippen LogP contribution in [0.5, 0.6) is 5.75 Å². The van der Waals surface area contributed by atoms with Crippen LogP contribution in [0.4, 0.5) is 15.8 Å². The summed E-state index contributed by atoms with van der Waals surface area (Å²) >= 11 is 3.45. The van der Waals surface area contributed by atoms with E-state index in [-0.39, 0.29) is 29.1 Å². The average Bonchev–Trinajstić information content (AvgIpc) is 3.08. The number of ether oxygens (including phenoxy) is 1. The average molecular weight is 519 g/mol. The predicted octanol–water partition coefficient (Wildman–Crippen LogP) is 4.75. The van der Waals surface area contributed by atoms with Crippen molar-refractivity contribution >= 4 is 43.2 Å². The molecular formula is C23H20BrFN2O4S. The zero-order chi connectivity index (χ0) is 22.9. The van der Waals surface area contributed by atoms with Crippen LogP contribution >= 0.6 is 15.9 Å². The zero-order valence-electron chi connectivity index (χ0n) is 17.1. The molecule has 1 heterocycles. The Bertz CT molecular complexity index is 1250. The highest BCUT2D eigenvalue weighted by Gasteiger charge is 2.31. The van der Waals surface area contributed by atoms with Crippen LogP contribution in [0.1, 0.15) is 12.5 Å². The van der Waals surface area contributed by atoms with Crippen molar-refractivity contribution in [1.82, 2.24) is 0 Å². The SMILES string of the molecule is CC1Cc2cc(Br)ccc2N1C(=O)COc1ccc(S(=O)(=O)Nc2ccc(F)cc2)cc1. The number of amides is 1. The number of nitrogens with zero attached hydrogens (tertiary/aromatic N) is 1. The molecule has 0 saturated carbocycles. The Hall–Kier alpha value is -2.91. The van der Waals surface area contributed by atoms with Crippen molar-refractivity contribution in [1.29, 1.82) is 0 Å². The number of nitrogens with one attached hydrogen (secondary N) is 1. The number of anilines is 2. The number of fused-ring (bicyclic) bond motifs is 1. The van der Waals surface area contributed by atoms with Gasteiger partial charge in [0.05, 0.1) is 4.90 Å². The van der Waals surface area contributed by atoms with Crippen molar-refractivity contribution in [3.05, 3.63) is 82.6 Å². The molecule has 166 valence electrons. The fourth-order valence-electron chi connectivity index (χ4n) is 3.64. The van der Waals surface area contributed by atoms with Crippen LogP contribution in [-0.4, -0.2) is 27.0 Å². The highest BCUT2D eigenvalue weighted by Crippen LogP contribution is 2.34. The van der Waals surface area contributed by atoms with Crippen LogP contribution in [0, 0.1) is 5.82 Å². The molecule has 0 fully saturated rings. The minimum atomic E-state index is -3.84. The fourth-order valence-corrected chi connectivity index (χ4v) is 5.11. The first kappa shape index (κ1) is 22.3. The number of carbonyl (C=O) groups excluding carboxylic acids is 1. The molecular weight excluding hydrogens is 499 g/mol. The van der Waals surface area contributed by atoms with Gasteiger partial charge in [0, 0.05) is 21.9 Å². The van der Waals surface area contributed by atoms with Crippen LogP contribution in [0.3, 0.4) is 0 Å². The van der Waals surface area contributed by atoms with E-state index in [0.29, 0.717) is 5.75 Å². The van der Waals surface area contributed by atoms with Gasteiger partial charge in [0.25, 0.3) is 15.9 Å². The Labute approximate surface area is 194 Å². The molecule has 0 aromatic heterocycles. The first-order chi connectivity index (χ1) is 15.2. The van der Waals surface area contributed by atoms with Crippen molar-refractivity contribution in [2.45, 2.75) is 24.3 Å². The van der Waals surface area contributed by atoms with Crippen LogP contribution in [-0.2, 0) is 21.2 Å². The monoisotopic (exact) mass is 518 g/mol. The summed E-state index contributed by atoms with van der Waals surface area (Å²) in [6, 6.07) is 16.6. The molecule has 0 radical (unpaired) electrons. The molecule has 1 N–H and O–H groups in total.